The van der Waals surface area contributed by atoms with Crippen LogP contribution in [0.25, 0.3) is 0 Å². The minimum Gasteiger partial charge on any atom is -0.451 e. The van der Waals surface area contributed by atoms with Gasteiger partial charge in [-0.05, 0) is 37.1 Å². The van der Waals surface area contributed by atoms with Crippen LogP contribution in [0.2, 0.25) is 0 Å². The van der Waals surface area contributed by atoms with Gasteiger partial charge in [0.1, 0.15) is 5.82 Å². The normalized spacial score (nSPS) is 12.2. The second-order valence-corrected chi connectivity index (χ2v) is 4.59. The molecule has 0 saturated heterocycles. The topological polar surface area (TPSA) is 35.2 Å². The molecular weight excluding hydrogens is 267 g/mol. The number of halogens is 3. The molecule has 2 nitrogen and oxygen atoms in total. The molecule has 20 heavy (non-hydrogen) atoms. The molecule has 1 atom stereocenters. The maximum atomic E-state index is 13.8. The molecule has 0 fully saturated rings. The fourth-order valence-corrected chi connectivity index (χ4v) is 1.84. The molecule has 2 rings (SSSR count). The van der Waals surface area contributed by atoms with Crippen molar-refractivity contribution in [3.63, 3.8) is 0 Å². The minimum atomic E-state index is -0.889. The Morgan fingerprint density at radius 3 is 2.50 bits per heavy atom. The summed E-state index contributed by atoms with van der Waals surface area (Å²) >= 11 is 0. The Bertz CT molecular complexity index is 614. The van der Waals surface area contributed by atoms with E-state index in [9.17, 15) is 13.2 Å². The summed E-state index contributed by atoms with van der Waals surface area (Å²) in [6.45, 7) is 1.77. The van der Waals surface area contributed by atoms with Crippen molar-refractivity contribution in [1.82, 2.24) is 0 Å². The highest BCUT2D eigenvalue weighted by atomic mass is 19.1. The van der Waals surface area contributed by atoms with E-state index in [0.717, 1.165) is 12.1 Å². The van der Waals surface area contributed by atoms with Gasteiger partial charge in [0.2, 0.25) is 0 Å². The van der Waals surface area contributed by atoms with Crippen LogP contribution in [0.15, 0.2) is 36.4 Å². The molecule has 2 aromatic carbocycles. The second-order valence-electron chi connectivity index (χ2n) is 4.59. The molecule has 0 aromatic heterocycles. The smallest absolute Gasteiger partial charge is 0.168 e. The fourth-order valence-electron chi connectivity index (χ4n) is 1.84. The third-order valence-corrected chi connectivity index (χ3v) is 2.70. The van der Waals surface area contributed by atoms with Crippen molar-refractivity contribution >= 4 is 0 Å². The highest BCUT2D eigenvalue weighted by Crippen LogP contribution is 2.31. The molecule has 0 aliphatic heterocycles. The second kappa shape index (κ2) is 5.96. The predicted octanol–water partition coefficient (Wildman–Crippen LogP) is 3.79. The van der Waals surface area contributed by atoms with Crippen LogP contribution in [0.3, 0.4) is 0 Å². The number of hydrogen-bond acceptors (Lipinski definition) is 2. The third-order valence-electron chi connectivity index (χ3n) is 2.70. The van der Waals surface area contributed by atoms with Gasteiger partial charge in [0, 0.05) is 12.1 Å². The Morgan fingerprint density at radius 2 is 1.85 bits per heavy atom. The van der Waals surface area contributed by atoms with Gasteiger partial charge in [-0.25, -0.2) is 13.2 Å². The van der Waals surface area contributed by atoms with Crippen LogP contribution in [-0.4, -0.2) is 6.04 Å². The Balaban J connectivity index is 2.37. The maximum absolute atomic E-state index is 13.8. The molecular formula is C15H14F3NO. The zero-order valence-corrected chi connectivity index (χ0v) is 10.9. The number of hydrogen-bond donors (Lipinski definition) is 1. The van der Waals surface area contributed by atoms with Gasteiger partial charge in [-0.15, -0.1) is 0 Å². The molecule has 5 heteroatoms. The van der Waals surface area contributed by atoms with Crippen LogP contribution in [0, 0.1) is 17.5 Å². The number of para-hydroxylation sites is 1. The van der Waals surface area contributed by atoms with Gasteiger partial charge in [-0.3, -0.25) is 0 Å². The van der Waals surface area contributed by atoms with E-state index in [0.29, 0.717) is 18.1 Å². The molecule has 2 aromatic rings. The van der Waals surface area contributed by atoms with Crippen molar-refractivity contribution in [2.75, 3.05) is 0 Å². The van der Waals surface area contributed by atoms with E-state index in [1.807, 2.05) is 0 Å². The van der Waals surface area contributed by atoms with E-state index in [1.165, 1.54) is 12.1 Å². The number of nitrogens with two attached hydrogens (primary N) is 1. The lowest BCUT2D eigenvalue weighted by Crippen LogP contribution is -2.18. The molecule has 0 bridgehead atoms. The first-order valence-corrected chi connectivity index (χ1v) is 6.13. The Morgan fingerprint density at radius 1 is 1.10 bits per heavy atom. The molecule has 0 amide bonds. The standard InChI is InChI=1S/C15H14F3NO/c1-9(19)7-10-3-2-4-12(17)15(10)20-14-6-5-11(16)8-13(14)18/h2-6,8-9H,7,19H2,1H3. The van der Waals surface area contributed by atoms with E-state index >= 15 is 0 Å². The lowest BCUT2D eigenvalue weighted by molar-refractivity contribution is 0.406. The van der Waals surface area contributed by atoms with Gasteiger partial charge >= 0.3 is 0 Å². The fraction of sp³-hybridized carbons (Fsp3) is 0.200. The van der Waals surface area contributed by atoms with E-state index < -0.39 is 17.5 Å². The summed E-state index contributed by atoms with van der Waals surface area (Å²) in [6, 6.07) is 7.04. The summed E-state index contributed by atoms with van der Waals surface area (Å²) < 4.78 is 45.5. The van der Waals surface area contributed by atoms with Gasteiger partial charge in [-0.1, -0.05) is 12.1 Å². The third kappa shape index (κ3) is 3.30. The van der Waals surface area contributed by atoms with E-state index in [2.05, 4.69) is 0 Å². The zero-order valence-electron chi connectivity index (χ0n) is 10.9. The maximum Gasteiger partial charge on any atom is 0.168 e. The molecule has 2 N–H and O–H groups in total. The zero-order chi connectivity index (χ0) is 14.7. The van der Waals surface area contributed by atoms with Crippen LogP contribution in [-0.2, 0) is 6.42 Å². The summed E-state index contributed by atoms with van der Waals surface area (Å²) in [7, 11) is 0. The van der Waals surface area contributed by atoms with Crippen molar-refractivity contribution in [2.45, 2.75) is 19.4 Å². The molecule has 106 valence electrons. The SMILES string of the molecule is CC(N)Cc1cccc(F)c1Oc1ccc(F)cc1F. The first kappa shape index (κ1) is 14.4. The van der Waals surface area contributed by atoms with Gasteiger partial charge in [0.25, 0.3) is 0 Å². The lowest BCUT2D eigenvalue weighted by Gasteiger charge is -2.14. The number of benzene rings is 2. The summed E-state index contributed by atoms with van der Waals surface area (Å²) in [5.41, 5.74) is 6.22. The highest BCUT2D eigenvalue weighted by Gasteiger charge is 2.14. The Labute approximate surface area is 115 Å². The molecule has 0 heterocycles. The Hall–Kier alpha value is -2.01. The van der Waals surface area contributed by atoms with Gasteiger partial charge < -0.3 is 10.5 Å². The Kier molecular flexibility index (Phi) is 4.29. The van der Waals surface area contributed by atoms with Crippen LogP contribution < -0.4 is 10.5 Å². The minimum absolute atomic E-state index is 0.0877. The van der Waals surface area contributed by atoms with Crippen LogP contribution >= 0.6 is 0 Å². The molecule has 0 saturated carbocycles. The largest absolute Gasteiger partial charge is 0.451 e. The number of ether oxygens (including phenoxy) is 1. The van der Waals surface area contributed by atoms with Crippen LogP contribution in [0.5, 0.6) is 11.5 Å². The van der Waals surface area contributed by atoms with Gasteiger partial charge in [0.05, 0.1) is 0 Å². The van der Waals surface area contributed by atoms with E-state index in [4.69, 9.17) is 10.5 Å². The van der Waals surface area contributed by atoms with Gasteiger partial charge in [-0.2, -0.15) is 0 Å². The summed E-state index contributed by atoms with van der Waals surface area (Å²) in [5, 5.41) is 0. The molecule has 1 unspecified atom stereocenters. The highest BCUT2D eigenvalue weighted by molar-refractivity contribution is 5.40. The molecule has 0 spiro atoms. The number of rotatable bonds is 4. The van der Waals surface area contributed by atoms with Crippen molar-refractivity contribution in [1.29, 1.82) is 0 Å². The van der Waals surface area contributed by atoms with E-state index in [1.54, 1.807) is 13.0 Å². The first-order chi connectivity index (χ1) is 9.47. The average molecular weight is 281 g/mol. The van der Waals surface area contributed by atoms with Crippen LogP contribution in [0.4, 0.5) is 13.2 Å². The van der Waals surface area contributed by atoms with Crippen molar-refractivity contribution in [2.24, 2.45) is 5.73 Å². The summed E-state index contributed by atoms with van der Waals surface area (Å²) in [4.78, 5) is 0. The molecule has 0 aliphatic rings. The average Bonchev–Trinajstić information content (AvgIpc) is 2.35. The first-order valence-electron chi connectivity index (χ1n) is 6.13. The monoisotopic (exact) mass is 281 g/mol. The lowest BCUT2D eigenvalue weighted by atomic mass is 10.1. The van der Waals surface area contributed by atoms with Crippen molar-refractivity contribution < 1.29 is 17.9 Å². The van der Waals surface area contributed by atoms with Crippen molar-refractivity contribution in [3.8, 4) is 11.5 Å². The summed E-state index contributed by atoms with van der Waals surface area (Å²) in [6.07, 6.45) is 0.385. The molecule has 0 radical (unpaired) electrons. The summed E-state index contributed by atoms with van der Waals surface area (Å²) in [5.74, 6) is -2.55. The molecule has 0 aliphatic carbocycles. The van der Waals surface area contributed by atoms with E-state index in [-0.39, 0.29) is 17.5 Å². The van der Waals surface area contributed by atoms with Crippen LogP contribution in [0.1, 0.15) is 12.5 Å². The predicted molar refractivity (Wildman–Crippen MR) is 70.2 cm³/mol. The van der Waals surface area contributed by atoms with Crippen molar-refractivity contribution in [3.05, 3.63) is 59.4 Å². The van der Waals surface area contributed by atoms with Gasteiger partial charge in [0.15, 0.2) is 23.1 Å². The quantitative estimate of drug-likeness (QED) is 0.925.